The van der Waals surface area contributed by atoms with Crippen LogP contribution in [0.15, 0.2) is 22.7 Å². The van der Waals surface area contributed by atoms with Crippen molar-refractivity contribution >= 4 is 15.9 Å². The molecule has 2 aliphatic rings. The van der Waals surface area contributed by atoms with Gasteiger partial charge < -0.3 is 10.4 Å². The molecule has 3 nitrogen and oxygen atoms in total. The van der Waals surface area contributed by atoms with E-state index < -0.39 is 0 Å². The summed E-state index contributed by atoms with van der Waals surface area (Å²) in [5.74, 6) is 1.13. The lowest BCUT2D eigenvalue weighted by molar-refractivity contribution is 0.123. The van der Waals surface area contributed by atoms with E-state index in [2.05, 4.69) is 38.3 Å². The fraction of sp³-hybridized carbons (Fsp3) is 0.625. The fourth-order valence-corrected chi connectivity index (χ4v) is 4.10. The summed E-state index contributed by atoms with van der Waals surface area (Å²) in [7, 11) is 0. The molecule has 1 atom stereocenters. The SMILES string of the molecule is Oc1cc(Br)ccc1[C@H](C1CCCC1)N1CCNCC1. The van der Waals surface area contributed by atoms with Gasteiger partial charge in [0.2, 0.25) is 0 Å². The lowest BCUT2D eigenvalue weighted by atomic mass is 9.89. The van der Waals surface area contributed by atoms with E-state index in [-0.39, 0.29) is 0 Å². The van der Waals surface area contributed by atoms with Crippen LogP contribution < -0.4 is 5.32 Å². The molecule has 1 heterocycles. The molecule has 1 aliphatic heterocycles. The minimum Gasteiger partial charge on any atom is -0.508 e. The van der Waals surface area contributed by atoms with Crippen molar-refractivity contribution in [3.8, 4) is 5.75 Å². The first-order valence-electron chi connectivity index (χ1n) is 7.69. The first-order valence-corrected chi connectivity index (χ1v) is 8.48. The Bertz CT molecular complexity index is 454. The summed E-state index contributed by atoms with van der Waals surface area (Å²) in [4.78, 5) is 2.56. The number of nitrogens with one attached hydrogen (secondary N) is 1. The average Bonchev–Trinajstić information content (AvgIpc) is 2.97. The summed E-state index contributed by atoms with van der Waals surface area (Å²) in [5.41, 5.74) is 1.11. The summed E-state index contributed by atoms with van der Waals surface area (Å²) < 4.78 is 0.948. The molecule has 20 heavy (non-hydrogen) atoms. The number of phenolic OH excluding ortho intramolecular Hbond substituents is 1. The number of phenols is 1. The maximum atomic E-state index is 10.4. The molecule has 4 heteroatoms. The van der Waals surface area contributed by atoms with Crippen LogP contribution in [0.2, 0.25) is 0 Å². The Morgan fingerprint density at radius 2 is 1.90 bits per heavy atom. The van der Waals surface area contributed by atoms with E-state index in [0.717, 1.165) is 36.2 Å². The van der Waals surface area contributed by atoms with Crippen molar-refractivity contribution in [3.05, 3.63) is 28.2 Å². The van der Waals surface area contributed by atoms with E-state index in [0.29, 0.717) is 17.7 Å². The molecule has 2 fully saturated rings. The number of aromatic hydroxyl groups is 1. The third-order valence-corrected chi connectivity index (χ3v) is 5.20. The second-order valence-corrected chi connectivity index (χ2v) is 6.89. The summed E-state index contributed by atoms with van der Waals surface area (Å²) in [6.07, 6.45) is 5.27. The Balaban J connectivity index is 1.90. The average molecular weight is 339 g/mol. The van der Waals surface area contributed by atoms with Gasteiger partial charge in [0.15, 0.2) is 0 Å². The van der Waals surface area contributed by atoms with E-state index >= 15 is 0 Å². The molecule has 0 aromatic heterocycles. The first-order chi connectivity index (χ1) is 9.75. The Kier molecular flexibility index (Phi) is 4.64. The van der Waals surface area contributed by atoms with Gasteiger partial charge in [0.05, 0.1) is 0 Å². The smallest absolute Gasteiger partial charge is 0.121 e. The van der Waals surface area contributed by atoms with E-state index in [1.165, 1.54) is 25.7 Å². The van der Waals surface area contributed by atoms with Gasteiger partial charge in [-0.15, -0.1) is 0 Å². The van der Waals surface area contributed by atoms with Crippen molar-refractivity contribution in [1.29, 1.82) is 0 Å². The van der Waals surface area contributed by atoms with Gasteiger partial charge in [-0.2, -0.15) is 0 Å². The van der Waals surface area contributed by atoms with Crippen LogP contribution in [0, 0.1) is 5.92 Å². The zero-order valence-electron chi connectivity index (χ0n) is 11.8. The lowest BCUT2D eigenvalue weighted by Crippen LogP contribution is -2.46. The maximum absolute atomic E-state index is 10.4. The minimum atomic E-state index is 0.382. The van der Waals surface area contributed by atoms with Crippen molar-refractivity contribution in [2.45, 2.75) is 31.7 Å². The predicted molar refractivity (Wildman–Crippen MR) is 84.9 cm³/mol. The zero-order chi connectivity index (χ0) is 13.9. The topological polar surface area (TPSA) is 35.5 Å². The largest absolute Gasteiger partial charge is 0.508 e. The normalized spacial score (nSPS) is 23.1. The molecule has 0 unspecified atom stereocenters. The molecule has 1 saturated carbocycles. The van der Waals surface area contributed by atoms with Crippen molar-refractivity contribution in [3.63, 3.8) is 0 Å². The van der Waals surface area contributed by atoms with Crippen molar-refractivity contribution in [2.24, 2.45) is 5.92 Å². The summed E-state index contributed by atoms with van der Waals surface area (Å²) in [5, 5.41) is 13.8. The molecular weight excluding hydrogens is 316 g/mol. The highest BCUT2D eigenvalue weighted by Gasteiger charge is 2.33. The highest BCUT2D eigenvalue weighted by Crippen LogP contribution is 2.42. The molecular formula is C16H23BrN2O. The Morgan fingerprint density at radius 1 is 1.20 bits per heavy atom. The Hall–Kier alpha value is -0.580. The summed E-state index contributed by atoms with van der Waals surface area (Å²) >= 11 is 3.44. The Labute approximate surface area is 129 Å². The molecule has 1 aliphatic carbocycles. The third kappa shape index (κ3) is 3.02. The number of nitrogens with zero attached hydrogens (tertiary/aromatic N) is 1. The zero-order valence-corrected chi connectivity index (χ0v) is 13.4. The van der Waals surface area contributed by atoms with Gasteiger partial charge in [0, 0.05) is 42.3 Å². The molecule has 0 spiro atoms. The van der Waals surface area contributed by atoms with Gasteiger partial charge in [-0.25, -0.2) is 0 Å². The molecule has 0 radical (unpaired) electrons. The monoisotopic (exact) mass is 338 g/mol. The highest BCUT2D eigenvalue weighted by molar-refractivity contribution is 9.10. The van der Waals surface area contributed by atoms with Crippen LogP contribution in [-0.2, 0) is 0 Å². The van der Waals surface area contributed by atoms with E-state index in [1.54, 1.807) is 0 Å². The molecule has 110 valence electrons. The van der Waals surface area contributed by atoms with Gasteiger partial charge in [0.1, 0.15) is 5.75 Å². The van der Waals surface area contributed by atoms with Crippen LogP contribution in [0.3, 0.4) is 0 Å². The standard InChI is InChI=1S/C16H23BrN2O/c17-13-5-6-14(15(20)11-13)16(12-3-1-2-4-12)19-9-7-18-8-10-19/h5-6,11-12,16,18,20H,1-4,7-10H2/t16-/m0/s1. The van der Waals surface area contributed by atoms with Crippen LogP contribution in [-0.4, -0.2) is 36.2 Å². The van der Waals surface area contributed by atoms with Gasteiger partial charge in [0.25, 0.3) is 0 Å². The highest BCUT2D eigenvalue weighted by atomic mass is 79.9. The van der Waals surface area contributed by atoms with Crippen molar-refractivity contribution in [2.75, 3.05) is 26.2 Å². The summed E-state index contributed by atoms with van der Waals surface area (Å²) in [6, 6.07) is 6.37. The number of halogens is 1. The molecule has 0 amide bonds. The fourth-order valence-electron chi connectivity index (χ4n) is 3.75. The van der Waals surface area contributed by atoms with E-state index in [9.17, 15) is 5.11 Å². The van der Waals surface area contributed by atoms with Crippen LogP contribution >= 0.6 is 15.9 Å². The molecule has 1 aromatic carbocycles. The van der Waals surface area contributed by atoms with Crippen LogP contribution in [0.25, 0.3) is 0 Å². The van der Waals surface area contributed by atoms with Crippen molar-refractivity contribution in [1.82, 2.24) is 10.2 Å². The van der Waals surface area contributed by atoms with E-state index in [1.807, 2.05) is 6.07 Å². The molecule has 3 rings (SSSR count). The van der Waals surface area contributed by atoms with E-state index in [4.69, 9.17) is 0 Å². The number of hydrogen-bond acceptors (Lipinski definition) is 3. The van der Waals surface area contributed by atoms with Crippen LogP contribution in [0.1, 0.15) is 37.3 Å². The number of piperazine rings is 1. The van der Waals surface area contributed by atoms with Gasteiger partial charge in [-0.1, -0.05) is 34.8 Å². The molecule has 1 aromatic rings. The second kappa shape index (κ2) is 6.46. The van der Waals surface area contributed by atoms with Crippen molar-refractivity contribution < 1.29 is 5.11 Å². The summed E-state index contributed by atoms with van der Waals surface area (Å²) in [6.45, 7) is 4.27. The maximum Gasteiger partial charge on any atom is 0.121 e. The molecule has 1 saturated heterocycles. The second-order valence-electron chi connectivity index (χ2n) is 5.98. The third-order valence-electron chi connectivity index (χ3n) is 4.70. The van der Waals surface area contributed by atoms with Gasteiger partial charge in [-0.05, 0) is 30.9 Å². The van der Waals surface area contributed by atoms with Crippen LogP contribution in [0.4, 0.5) is 0 Å². The number of benzene rings is 1. The van der Waals surface area contributed by atoms with Crippen LogP contribution in [0.5, 0.6) is 5.75 Å². The molecule has 0 bridgehead atoms. The Morgan fingerprint density at radius 3 is 2.55 bits per heavy atom. The lowest BCUT2D eigenvalue weighted by Gasteiger charge is -2.39. The number of hydrogen-bond donors (Lipinski definition) is 2. The van der Waals surface area contributed by atoms with Gasteiger partial charge in [-0.3, -0.25) is 4.90 Å². The minimum absolute atomic E-state index is 0.382. The van der Waals surface area contributed by atoms with Gasteiger partial charge >= 0.3 is 0 Å². The first kappa shape index (κ1) is 14.4. The quantitative estimate of drug-likeness (QED) is 0.887. The molecule has 2 N–H and O–H groups in total. The number of rotatable bonds is 3. The predicted octanol–water partition coefficient (Wildman–Crippen LogP) is 3.29.